The third kappa shape index (κ3) is 6.79. The number of hydrogen-bond acceptors (Lipinski definition) is 5. The molecule has 0 aliphatic carbocycles. The van der Waals surface area contributed by atoms with Gasteiger partial charge in [-0.15, -0.1) is 11.3 Å². The lowest BCUT2D eigenvalue weighted by molar-refractivity contribution is 0.119. The maximum Gasteiger partial charge on any atom is 0.194 e. The molecule has 0 aliphatic heterocycles. The van der Waals surface area contributed by atoms with E-state index in [0.29, 0.717) is 13.1 Å². The zero-order valence-electron chi connectivity index (χ0n) is 19.5. The molecule has 2 atom stereocenters. The number of aliphatic imine (C=N–C) groups is 1. The van der Waals surface area contributed by atoms with E-state index in [2.05, 4.69) is 79.8 Å². The van der Waals surface area contributed by atoms with Gasteiger partial charge < -0.3 is 19.9 Å². The normalized spacial score (nSPS) is 14.1. The van der Waals surface area contributed by atoms with E-state index in [1.54, 1.807) is 18.4 Å². The number of benzene rings is 1. The van der Waals surface area contributed by atoms with E-state index in [4.69, 9.17) is 14.7 Å². The Morgan fingerprint density at radius 2 is 1.90 bits per heavy atom. The average molecular weight is 432 g/mol. The van der Waals surface area contributed by atoms with Crippen molar-refractivity contribution in [1.82, 2.24) is 20.1 Å². The predicted octanol–water partition coefficient (Wildman–Crippen LogP) is 4.11. The fourth-order valence-corrected chi connectivity index (χ4v) is 4.03. The Morgan fingerprint density at radius 3 is 2.47 bits per heavy atom. The van der Waals surface area contributed by atoms with E-state index in [-0.39, 0.29) is 12.1 Å². The largest absolute Gasteiger partial charge is 0.375 e. The molecule has 0 saturated carbocycles. The van der Waals surface area contributed by atoms with Crippen molar-refractivity contribution in [3.8, 4) is 0 Å². The first-order valence-electron chi connectivity index (χ1n) is 10.6. The summed E-state index contributed by atoms with van der Waals surface area (Å²) < 4.78 is 5.38. The summed E-state index contributed by atoms with van der Waals surface area (Å²) in [6, 6.07) is 9.11. The van der Waals surface area contributed by atoms with Crippen molar-refractivity contribution in [2.45, 2.75) is 45.9 Å². The standard InChI is InChI=1S/C23H37N5OS/c1-8-18-10-12-19(13-11-18)21(27(4)5)14-25-23(24-9-2)28(6)15-20-16-30-22(26-20)17(3)29-7/h10-13,16-17,21H,8-9,14-15H2,1-7H3,(H,24,25). The number of methoxy groups -OCH3 is 1. The van der Waals surface area contributed by atoms with Crippen LogP contribution in [0.3, 0.4) is 0 Å². The summed E-state index contributed by atoms with van der Waals surface area (Å²) in [6.07, 6.45) is 1.08. The van der Waals surface area contributed by atoms with Gasteiger partial charge in [-0.2, -0.15) is 0 Å². The summed E-state index contributed by atoms with van der Waals surface area (Å²) in [5.41, 5.74) is 3.68. The average Bonchev–Trinajstić information content (AvgIpc) is 3.21. The van der Waals surface area contributed by atoms with Gasteiger partial charge in [-0.05, 0) is 45.5 Å². The third-order valence-corrected chi connectivity index (χ3v) is 6.23. The lowest BCUT2D eigenvalue weighted by atomic mass is 10.0. The fourth-order valence-electron chi connectivity index (χ4n) is 3.19. The highest BCUT2D eigenvalue weighted by atomic mass is 32.1. The quantitative estimate of drug-likeness (QED) is 0.453. The Kier molecular flexibility index (Phi) is 9.75. The molecule has 2 rings (SSSR count). The molecule has 1 heterocycles. The predicted molar refractivity (Wildman–Crippen MR) is 127 cm³/mol. The fraction of sp³-hybridized carbons (Fsp3) is 0.565. The van der Waals surface area contributed by atoms with Crippen LogP contribution in [0.1, 0.15) is 54.7 Å². The van der Waals surface area contributed by atoms with Crippen molar-refractivity contribution in [2.75, 3.05) is 41.3 Å². The summed E-state index contributed by atoms with van der Waals surface area (Å²) >= 11 is 1.64. The summed E-state index contributed by atoms with van der Waals surface area (Å²) in [7, 11) is 7.99. The molecule has 0 spiro atoms. The van der Waals surface area contributed by atoms with Gasteiger partial charge in [-0.1, -0.05) is 31.2 Å². The summed E-state index contributed by atoms with van der Waals surface area (Å²) in [6.45, 7) is 8.51. The third-order valence-electron chi connectivity index (χ3n) is 5.18. The first-order chi connectivity index (χ1) is 14.4. The molecule has 0 bridgehead atoms. The van der Waals surface area contributed by atoms with Crippen LogP contribution in [0.2, 0.25) is 0 Å². The molecule has 2 unspecified atom stereocenters. The van der Waals surface area contributed by atoms with E-state index in [9.17, 15) is 0 Å². The van der Waals surface area contributed by atoms with Gasteiger partial charge in [0.2, 0.25) is 0 Å². The summed E-state index contributed by atoms with van der Waals surface area (Å²) in [5.74, 6) is 0.892. The van der Waals surface area contributed by atoms with Gasteiger partial charge in [-0.3, -0.25) is 4.99 Å². The molecule has 0 aliphatic rings. The second kappa shape index (κ2) is 12.0. The van der Waals surface area contributed by atoms with Crippen molar-refractivity contribution in [2.24, 2.45) is 4.99 Å². The van der Waals surface area contributed by atoms with E-state index >= 15 is 0 Å². The van der Waals surface area contributed by atoms with Crippen LogP contribution in [0, 0.1) is 0 Å². The number of hydrogen-bond donors (Lipinski definition) is 1. The lowest BCUT2D eigenvalue weighted by Crippen LogP contribution is -2.39. The molecule has 0 amide bonds. The number of nitrogens with one attached hydrogen (secondary N) is 1. The van der Waals surface area contributed by atoms with Crippen molar-refractivity contribution in [1.29, 1.82) is 0 Å². The summed E-state index contributed by atoms with van der Waals surface area (Å²) in [4.78, 5) is 14.0. The number of ether oxygens (including phenoxy) is 1. The van der Waals surface area contributed by atoms with Crippen LogP contribution in [0.15, 0.2) is 34.6 Å². The maximum atomic E-state index is 5.38. The smallest absolute Gasteiger partial charge is 0.194 e. The molecule has 6 nitrogen and oxygen atoms in total. The van der Waals surface area contributed by atoms with Crippen LogP contribution < -0.4 is 5.32 Å². The van der Waals surface area contributed by atoms with Crippen molar-refractivity contribution in [3.63, 3.8) is 0 Å². The molecule has 1 N–H and O–H groups in total. The number of aromatic nitrogens is 1. The van der Waals surface area contributed by atoms with Gasteiger partial charge in [0.25, 0.3) is 0 Å². The lowest BCUT2D eigenvalue weighted by Gasteiger charge is -2.26. The van der Waals surface area contributed by atoms with E-state index in [1.807, 2.05) is 6.92 Å². The van der Waals surface area contributed by atoms with Crippen LogP contribution in [0.5, 0.6) is 0 Å². The van der Waals surface area contributed by atoms with Crippen LogP contribution in [0.4, 0.5) is 0 Å². The zero-order valence-corrected chi connectivity index (χ0v) is 20.3. The molecule has 0 radical (unpaired) electrons. The molecule has 1 aromatic heterocycles. The topological polar surface area (TPSA) is 53.0 Å². The minimum Gasteiger partial charge on any atom is -0.375 e. The molecule has 0 saturated heterocycles. The molecule has 0 fully saturated rings. The van der Waals surface area contributed by atoms with Gasteiger partial charge in [-0.25, -0.2) is 4.98 Å². The monoisotopic (exact) mass is 431 g/mol. The highest BCUT2D eigenvalue weighted by Gasteiger charge is 2.16. The highest BCUT2D eigenvalue weighted by molar-refractivity contribution is 7.09. The second-order valence-electron chi connectivity index (χ2n) is 7.68. The molecule has 1 aromatic carbocycles. The minimum absolute atomic E-state index is 0.0240. The first-order valence-corrected chi connectivity index (χ1v) is 11.5. The maximum absolute atomic E-state index is 5.38. The Labute approximate surface area is 186 Å². The Morgan fingerprint density at radius 1 is 1.20 bits per heavy atom. The van der Waals surface area contributed by atoms with E-state index < -0.39 is 0 Å². The Balaban J connectivity index is 2.12. The Bertz CT molecular complexity index is 787. The number of rotatable bonds is 10. The molecule has 7 heteroatoms. The van der Waals surface area contributed by atoms with Crippen LogP contribution in [-0.2, 0) is 17.7 Å². The van der Waals surface area contributed by atoms with Gasteiger partial charge in [0, 0.05) is 26.1 Å². The summed E-state index contributed by atoms with van der Waals surface area (Å²) in [5, 5.41) is 6.52. The molecular formula is C23H37N5OS. The SMILES string of the molecule is CCNC(=NCC(c1ccc(CC)cc1)N(C)C)N(C)Cc1csc(C(C)OC)n1. The van der Waals surface area contributed by atoms with Crippen molar-refractivity contribution >= 4 is 17.3 Å². The number of guanidine groups is 1. The van der Waals surface area contributed by atoms with Crippen LogP contribution in [0.25, 0.3) is 0 Å². The molecule has 2 aromatic rings. The van der Waals surface area contributed by atoms with Crippen molar-refractivity contribution in [3.05, 3.63) is 51.5 Å². The van der Waals surface area contributed by atoms with Gasteiger partial charge in [0.15, 0.2) is 5.96 Å². The van der Waals surface area contributed by atoms with Gasteiger partial charge in [0.1, 0.15) is 11.1 Å². The van der Waals surface area contributed by atoms with Crippen molar-refractivity contribution < 1.29 is 4.74 Å². The van der Waals surface area contributed by atoms with Gasteiger partial charge >= 0.3 is 0 Å². The Hall–Kier alpha value is -1.96. The van der Waals surface area contributed by atoms with Gasteiger partial charge in [0.05, 0.1) is 24.8 Å². The number of likely N-dealkylation sites (N-methyl/N-ethyl adjacent to an activating group) is 1. The molecule has 166 valence electrons. The number of thiazole rings is 1. The second-order valence-corrected chi connectivity index (χ2v) is 8.57. The molecule has 30 heavy (non-hydrogen) atoms. The van der Waals surface area contributed by atoms with E-state index in [1.165, 1.54) is 11.1 Å². The van der Waals surface area contributed by atoms with Crippen LogP contribution >= 0.6 is 11.3 Å². The zero-order chi connectivity index (χ0) is 22.1. The van der Waals surface area contributed by atoms with E-state index in [0.717, 1.165) is 29.6 Å². The van der Waals surface area contributed by atoms with Crippen LogP contribution in [-0.4, -0.2) is 62.1 Å². The number of nitrogens with zero attached hydrogens (tertiary/aromatic N) is 4. The minimum atomic E-state index is 0.0240. The first kappa shape index (κ1) is 24.3. The highest BCUT2D eigenvalue weighted by Crippen LogP contribution is 2.22. The number of aryl methyl sites for hydroxylation is 1. The molecular weight excluding hydrogens is 394 g/mol.